The van der Waals surface area contributed by atoms with Crippen molar-refractivity contribution in [1.82, 2.24) is 20.9 Å². The maximum Gasteiger partial charge on any atom is 0.234 e. The van der Waals surface area contributed by atoms with Gasteiger partial charge in [-0.15, -0.1) is 11.3 Å². The first-order valence-electron chi connectivity index (χ1n) is 4.75. The van der Waals surface area contributed by atoms with E-state index in [9.17, 15) is 4.79 Å². The van der Waals surface area contributed by atoms with Crippen molar-refractivity contribution in [3.05, 3.63) is 16.1 Å². The zero-order chi connectivity index (χ0) is 11.1. The van der Waals surface area contributed by atoms with E-state index < -0.39 is 0 Å². The molecule has 1 heterocycles. The number of aromatic nitrogens is 1. The Morgan fingerprint density at radius 1 is 1.40 bits per heavy atom. The Morgan fingerprint density at radius 2 is 2.20 bits per heavy atom. The quantitative estimate of drug-likeness (QED) is 0.625. The van der Waals surface area contributed by atoms with Gasteiger partial charge in [0.2, 0.25) is 5.91 Å². The largest absolute Gasteiger partial charge is 0.348 e. The van der Waals surface area contributed by atoms with Crippen LogP contribution in [0.5, 0.6) is 0 Å². The molecule has 1 amide bonds. The Hall–Kier alpha value is -0.980. The van der Waals surface area contributed by atoms with Crippen molar-refractivity contribution in [2.24, 2.45) is 0 Å². The van der Waals surface area contributed by atoms with Gasteiger partial charge in [0, 0.05) is 11.9 Å². The predicted molar refractivity (Wildman–Crippen MR) is 60.7 cm³/mol. The molecule has 6 heteroatoms. The van der Waals surface area contributed by atoms with Crippen molar-refractivity contribution in [3.8, 4) is 0 Å². The highest BCUT2D eigenvalue weighted by Crippen LogP contribution is 2.08. The molecule has 0 aliphatic carbocycles. The lowest BCUT2D eigenvalue weighted by Crippen LogP contribution is -2.31. The van der Waals surface area contributed by atoms with Gasteiger partial charge in [-0.1, -0.05) is 0 Å². The van der Waals surface area contributed by atoms with E-state index in [-0.39, 0.29) is 5.91 Å². The number of carbonyl (C=O) groups excluding carboxylic acids is 1. The highest BCUT2D eigenvalue weighted by Gasteiger charge is 2.03. The van der Waals surface area contributed by atoms with Crippen molar-refractivity contribution in [2.75, 3.05) is 20.6 Å². The fraction of sp³-hybridized carbons (Fsp3) is 0.556. The second-order valence-corrected chi connectivity index (χ2v) is 4.01. The number of amides is 1. The molecule has 0 aliphatic rings. The molecule has 0 saturated heterocycles. The second-order valence-electron chi connectivity index (χ2n) is 3.07. The third kappa shape index (κ3) is 4.37. The fourth-order valence-corrected chi connectivity index (χ4v) is 1.82. The van der Waals surface area contributed by atoms with Crippen LogP contribution in [-0.2, 0) is 17.9 Å². The maximum absolute atomic E-state index is 11.1. The van der Waals surface area contributed by atoms with E-state index >= 15 is 0 Å². The molecule has 5 nitrogen and oxygen atoms in total. The molecule has 15 heavy (non-hydrogen) atoms. The van der Waals surface area contributed by atoms with Crippen LogP contribution in [0.3, 0.4) is 0 Å². The third-order valence-electron chi connectivity index (χ3n) is 1.73. The molecule has 0 bridgehead atoms. The minimum absolute atomic E-state index is 0.0112. The summed E-state index contributed by atoms with van der Waals surface area (Å²) in [4.78, 5) is 15.5. The van der Waals surface area contributed by atoms with Crippen LogP contribution in [0.25, 0.3) is 0 Å². The molecule has 0 atom stereocenters. The van der Waals surface area contributed by atoms with E-state index in [2.05, 4.69) is 20.9 Å². The normalized spacial score (nSPS) is 10.3. The van der Waals surface area contributed by atoms with Crippen molar-refractivity contribution in [2.45, 2.75) is 13.1 Å². The molecule has 0 aliphatic heterocycles. The SMILES string of the molecule is CNCC(=O)NCc1nc(CNC)cs1. The number of hydrogen-bond donors (Lipinski definition) is 3. The third-order valence-corrected chi connectivity index (χ3v) is 2.63. The molecule has 0 spiro atoms. The number of carbonyl (C=O) groups is 1. The van der Waals surface area contributed by atoms with Gasteiger partial charge in [-0.3, -0.25) is 4.79 Å². The summed E-state index contributed by atoms with van der Waals surface area (Å²) in [5.74, 6) is -0.0112. The van der Waals surface area contributed by atoms with Crippen molar-refractivity contribution in [1.29, 1.82) is 0 Å². The Morgan fingerprint density at radius 3 is 2.87 bits per heavy atom. The summed E-state index contributed by atoms with van der Waals surface area (Å²) >= 11 is 1.56. The molecule has 0 saturated carbocycles. The van der Waals surface area contributed by atoms with Crippen molar-refractivity contribution < 1.29 is 4.79 Å². The first kappa shape index (κ1) is 12.1. The van der Waals surface area contributed by atoms with Crippen LogP contribution in [0.15, 0.2) is 5.38 Å². The molecule has 1 rings (SSSR count). The number of likely N-dealkylation sites (N-methyl/N-ethyl adjacent to an activating group) is 1. The standard InChI is InChI=1S/C9H16N4OS/c1-10-3-7-6-15-9(13-7)5-12-8(14)4-11-2/h6,10-11H,3-5H2,1-2H3,(H,12,14). The highest BCUT2D eigenvalue weighted by atomic mass is 32.1. The highest BCUT2D eigenvalue weighted by molar-refractivity contribution is 7.09. The second kappa shape index (κ2) is 6.49. The Labute approximate surface area is 93.3 Å². The minimum Gasteiger partial charge on any atom is -0.348 e. The average molecular weight is 228 g/mol. The van der Waals surface area contributed by atoms with Crippen LogP contribution in [0.2, 0.25) is 0 Å². The molecule has 0 radical (unpaired) electrons. The van der Waals surface area contributed by atoms with Crippen LogP contribution in [-0.4, -0.2) is 31.5 Å². The Kier molecular flexibility index (Phi) is 5.23. The first-order valence-corrected chi connectivity index (χ1v) is 5.63. The van der Waals surface area contributed by atoms with E-state index in [0.717, 1.165) is 17.2 Å². The monoisotopic (exact) mass is 228 g/mol. The molecule has 0 unspecified atom stereocenters. The average Bonchev–Trinajstić information content (AvgIpc) is 2.64. The van der Waals surface area contributed by atoms with Gasteiger partial charge in [-0.2, -0.15) is 0 Å². The molecule has 0 fully saturated rings. The zero-order valence-corrected chi connectivity index (χ0v) is 9.78. The summed E-state index contributed by atoms with van der Waals surface area (Å²) in [7, 11) is 3.63. The summed E-state index contributed by atoms with van der Waals surface area (Å²) in [5, 5.41) is 11.5. The molecule has 0 aromatic carbocycles. The summed E-state index contributed by atoms with van der Waals surface area (Å²) in [6.45, 7) is 1.62. The van der Waals surface area contributed by atoms with Gasteiger partial charge in [0.15, 0.2) is 0 Å². The van der Waals surface area contributed by atoms with Crippen LogP contribution >= 0.6 is 11.3 Å². The fourth-order valence-electron chi connectivity index (χ4n) is 1.09. The molecular weight excluding hydrogens is 212 g/mol. The van der Waals surface area contributed by atoms with E-state index in [1.165, 1.54) is 0 Å². The lowest BCUT2D eigenvalue weighted by molar-refractivity contribution is -0.120. The predicted octanol–water partition coefficient (Wildman–Crippen LogP) is -0.302. The van der Waals surface area contributed by atoms with E-state index in [1.54, 1.807) is 18.4 Å². The van der Waals surface area contributed by atoms with Gasteiger partial charge in [-0.25, -0.2) is 4.98 Å². The number of thiazole rings is 1. The lowest BCUT2D eigenvalue weighted by atomic mass is 10.5. The van der Waals surface area contributed by atoms with Gasteiger partial charge in [0.05, 0.1) is 18.8 Å². The van der Waals surface area contributed by atoms with Gasteiger partial charge in [-0.05, 0) is 14.1 Å². The van der Waals surface area contributed by atoms with Crippen molar-refractivity contribution >= 4 is 17.2 Å². The van der Waals surface area contributed by atoms with E-state index in [1.807, 2.05) is 12.4 Å². The Balaban J connectivity index is 2.34. The van der Waals surface area contributed by atoms with Crippen LogP contribution < -0.4 is 16.0 Å². The summed E-state index contributed by atoms with van der Waals surface area (Å²) in [6, 6.07) is 0. The maximum atomic E-state index is 11.1. The molecule has 1 aromatic heterocycles. The van der Waals surface area contributed by atoms with Crippen molar-refractivity contribution in [3.63, 3.8) is 0 Å². The van der Waals surface area contributed by atoms with Crippen LogP contribution in [0, 0.1) is 0 Å². The molecule has 84 valence electrons. The number of rotatable bonds is 6. The van der Waals surface area contributed by atoms with Gasteiger partial charge >= 0.3 is 0 Å². The summed E-state index contributed by atoms with van der Waals surface area (Å²) in [5.41, 5.74) is 1.01. The van der Waals surface area contributed by atoms with Gasteiger partial charge in [0.25, 0.3) is 0 Å². The van der Waals surface area contributed by atoms with Crippen LogP contribution in [0.1, 0.15) is 10.7 Å². The minimum atomic E-state index is -0.0112. The molecule has 3 N–H and O–H groups in total. The summed E-state index contributed by atoms with van der Waals surface area (Å²) in [6.07, 6.45) is 0. The summed E-state index contributed by atoms with van der Waals surface area (Å²) < 4.78 is 0. The first-order chi connectivity index (χ1) is 7.26. The zero-order valence-electron chi connectivity index (χ0n) is 8.96. The Bertz CT molecular complexity index is 313. The molecule has 1 aromatic rings. The molecular formula is C9H16N4OS. The smallest absolute Gasteiger partial charge is 0.234 e. The number of nitrogens with one attached hydrogen (secondary N) is 3. The topological polar surface area (TPSA) is 66.0 Å². The van der Waals surface area contributed by atoms with Crippen LogP contribution in [0.4, 0.5) is 0 Å². The van der Waals surface area contributed by atoms with Gasteiger partial charge in [0.1, 0.15) is 5.01 Å². The number of nitrogens with zero attached hydrogens (tertiary/aromatic N) is 1. The van der Waals surface area contributed by atoms with E-state index in [4.69, 9.17) is 0 Å². The lowest BCUT2D eigenvalue weighted by Gasteiger charge is -2.01. The van der Waals surface area contributed by atoms with E-state index in [0.29, 0.717) is 13.1 Å². The van der Waals surface area contributed by atoms with Gasteiger partial charge < -0.3 is 16.0 Å². The number of hydrogen-bond acceptors (Lipinski definition) is 5.